The highest BCUT2D eigenvalue weighted by Gasteiger charge is 2.44. The minimum atomic E-state index is -0.00975. The molecule has 0 radical (unpaired) electrons. The van der Waals surface area contributed by atoms with Crippen LogP contribution in [-0.4, -0.2) is 22.8 Å². The number of hydrogen-bond donors (Lipinski definition) is 4. The number of rotatable bonds is 1. The van der Waals surface area contributed by atoms with E-state index in [1.165, 1.54) is 11.1 Å². The van der Waals surface area contributed by atoms with Crippen LogP contribution in [0.25, 0.3) is 0 Å². The maximum absolute atomic E-state index is 8.73. The molecule has 0 aromatic heterocycles. The van der Waals surface area contributed by atoms with Gasteiger partial charge in [0, 0.05) is 23.3 Å². The minimum absolute atomic E-state index is 0.00975. The van der Waals surface area contributed by atoms with Crippen LogP contribution < -0.4 is 11.7 Å². The van der Waals surface area contributed by atoms with Crippen LogP contribution in [0.3, 0.4) is 0 Å². The summed E-state index contributed by atoms with van der Waals surface area (Å²) < 4.78 is 0. The number of allylic oxidation sites excluding steroid dienone is 4. The Balaban J connectivity index is 1.79. The van der Waals surface area contributed by atoms with Crippen molar-refractivity contribution in [1.82, 2.24) is 0 Å². The monoisotopic (exact) mass is 352 g/mol. The van der Waals surface area contributed by atoms with Crippen molar-refractivity contribution < 1.29 is 0 Å². The first-order chi connectivity index (χ1) is 12.6. The summed E-state index contributed by atoms with van der Waals surface area (Å²) in [7, 11) is 0. The Hall–Kier alpha value is -2.24. The Morgan fingerprint density at radius 3 is 1.46 bits per heavy atom. The molecular weight excluding hydrogens is 324 g/mol. The molecule has 4 atom stereocenters. The fraction of sp³-hybridized carbons (Fsp3) is 0.600. The smallest absolute Gasteiger partial charge is 0.0600 e. The molecule has 4 aliphatic rings. The van der Waals surface area contributed by atoms with Crippen LogP contribution in [0.1, 0.15) is 51.4 Å². The van der Waals surface area contributed by atoms with Gasteiger partial charge in [0.25, 0.3) is 0 Å². The van der Waals surface area contributed by atoms with Crippen molar-refractivity contribution in [2.24, 2.45) is 45.6 Å². The van der Waals surface area contributed by atoms with Gasteiger partial charge in [-0.05, 0) is 75.4 Å². The molecule has 138 valence electrons. The summed E-state index contributed by atoms with van der Waals surface area (Å²) in [6.45, 7) is 0. The molecule has 2 saturated carbocycles. The van der Waals surface area contributed by atoms with Gasteiger partial charge in [0.1, 0.15) is 0 Å². The highest BCUT2D eigenvalue weighted by molar-refractivity contribution is 6.03. The molecule has 0 saturated heterocycles. The first-order valence-corrected chi connectivity index (χ1v) is 9.73. The van der Waals surface area contributed by atoms with Gasteiger partial charge >= 0.3 is 0 Å². The van der Waals surface area contributed by atoms with Crippen LogP contribution in [-0.2, 0) is 0 Å². The summed E-state index contributed by atoms with van der Waals surface area (Å²) in [5.41, 5.74) is 5.95. The van der Waals surface area contributed by atoms with Crippen molar-refractivity contribution in [1.29, 1.82) is 10.8 Å². The zero-order valence-corrected chi connectivity index (χ0v) is 15.2. The van der Waals surface area contributed by atoms with Crippen LogP contribution in [0, 0.1) is 34.5 Å². The number of hydrogen-bond acceptors (Lipinski definition) is 6. The molecular formula is C20H28N6. The lowest BCUT2D eigenvalue weighted by atomic mass is 9.59. The molecule has 26 heavy (non-hydrogen) atoms. The molecule has 0 amide bonds. The number of hydrazone groups is 2. The molecule has 0 aromatic rings. The van der Waals surface area contributed by atoms with Crippen LogP contribution in [0.2, 0.25) is 0 Å². The second-order valence-corrected chi connectivity index (χ2v) is 8.08. The van der Waals surface area contributed by atoms with Gasteiger partial charge in [0.05, 0.1) is 11.4 Å². The maximum Gasteiger partial charge on any atom is 0.0600 e. The molecule has 0 aliphatic heterocycles. The van der Waals surface area contributed by atoms with Gasteiger partial charge in [0.2, 0.25) is 0 Å². The summed E-state index contributed by atoms with van der Waals surface area (Å²) in [6, 6.07) is 0. The van der Waals surface area contributed by atoms with Gasteiger partial charge in [-0.2, -0.15) is 10.2 Å². The Labute approximate surface area is 154 Å². The molecule has 4 rings (SSSR count). The van der Waals surface area contributed by atoms with Crippen molar-refractivity contribution in [3.63, 3.8) is 0 Å². The zero-order chi connectivity index (χ0) is 18.3. The van der Waals surface area contributed by atoms with Crippen molar-refractivity contribution in [2.45, 2.75) is 51.4 Å². The number of fused-ring (bicyclic) bond motifs is 2. The highest BCUT2D eigenvalue weighted by atomic mass is 15.1. The molecule has 6 heteroatoms. The Kier molecular flexibility index (Phi) is 4.51. The SMILES string of the molecule is N=C1CCC2CC/C(=N\N)C=C2C1C1C(=N)CCC2CC/C(=N\N)C=C21. The molecule has 4 unspecified atom stereocenters. The van der Waals surface area contributed by atoms with E-state index in [0.29, 0.717) is 11.8 Å². The Morgan fingerprint density at radius 1 is 0.692 bits per heavy atom. The van der Waals surface area contributed by atoms with Crippen molar-refractivity contribution in [3.05, 3.63) is 23.3 Å². The zero-order valence-electron chi connectivity index (χ0n) is 15.2. The number of nitrogens with zero attached hydrogens (tertiary/aromatic N) is 2. The molecule has 0 spiro atoms. The predicted molar refractivity (Wildman–Crippen MR) is 106 cm³/mol. The van der Waals surface area contributed by atoms with Gasteiger partial charge in [0.15, 0.2) is 0 Å². The lowest BCUT2D eigenvalue weighted by Crippen LogP contribution is -2.43. The summed E-state index contributed by atoms with van der Waals surface area (Å²) in [4.78, 5) is 0. The van der Waals surface area contributed by atoms with Crippen LogP contribution in [0.5, 0.6) is 0 Å². The van der Waals surface area contributed by atoms with E-state index in [-0.39, 0.29) is 11.8 Å². The lowest BCUT2D eigenvalue weighted by molar-refractivity contribution is 0.392. The van der Waals surface area contributed by atoms with Crippen molar-refractivity contribution >= 4 is 22.8 Å². The van der Waals surface area contributed by atoms with Crippen molar-refractivity contribution in [3.8, 4) is 0 Å². The third kappa shape index (κ3) is 2.81. The molecule has 6 nitrogen and oxygen atoms in total. The van der Waals surface area contributed by atoms with Crippen molar-refractivity contribution in [2.75, 3.05) is 0 Å². The van der Waals surface area contributed by atoms with Gasteiger partial charge < -0.3 is 22.5 Å². The van der Waals surface area contributed by atoms with Gasteiger partial charge in [-0.1, -0.05) is 11.1 Å². The number of nitrogens with two attached hydrogens (primary N) is 2. The number of nitrogens with one attached hydrogen (secondary N) is 2. The summed E-state index contributed by atoms with van der Waals surface area (Å²) in [5, 5.41) is 25.3. The summed E-state index contributed by atoms with van der Waals surface area (Å²) in [6.07, 6.45) is 12.0. The van der Waals surface area contributed by atoms with Gasteiger partial charge in [-0.15, -0.1) is 0 Å². The van der Waals surface area contributed by atoms with E-state index in [2.05, 4.69) is 22.4 Å². The first kappa shape index (κ1) is 17.2. The quantitative estimate of drug-likeness (QED) is 0.427. The maximum atomic E-state index is 8.73. The fourth-order valence-electron chi connectivity index (χ4n) is 5.42. The lowest BCUT2D eigenvalue weighted by Gasteiger charge is -2.45. The fourth-order valence-corrected chi connectivity index (χ4v) is 5.42. The second kappa shape index (κ2) is 6.82. The summed E-state index contributed by atoms with van der Waals surface area (Å²) >= 11 is 0. The average Bonchev–Trinajstić information content (AvgIpc) is 2.68. The van der Waals surface area contributed by atoms with E-state index in [1.807, 2.05) is 0 Å². The topological polar surface area (TPSA) is 124 Å². The molecule has 2 fully saturated rings. The van der Waals surface area contributed by atoms with E-state index in [0.717, 1.165) is 74.2 Å². The highest BCUT2D eigenvalue weighted by Crippen LogP contribution is 2.48. The van der Waals surface area contributed by atoms with Crippen LogP contribution in [0.4, 0.5) is 0 Å². The first-order valence-electron chi connectivity index (χ1n) is 9.73. The third-order valence-corrected chi connectivity index (χ3v) is 6.77. The third-order valence-electron chi connectivity index (χ3n) is 6.77. The molecule has 0 aromatic carbocycles. The van der Waals surface area contributed by atoms with Gasteiger partial charge in [-0.25, -0.2) is 0 Å². The van der Waals surface area contributed by atoms with E-state index in [9.17, 15) is 0 Å². The van der Waals surface area contributed by atoms with E-state index in [1.54, 1.807) is 0 Å². The standard InChI is InChI=1S/C20H28N6/c21-17-7-3-11-1-5-13(25-23)9-15(11)19(17)20-16-10-14(26-24)6-2-12(16)4-8-18(20)22/h9-12,19-22H,1-8,23-24H2/b21-17?,22-18?,25-13+,26-14+. The Bertz CT molecular complexity index is 692. The largest absolute Gasteiger partial charge is 0.323 e. The van der Waals surface area contributed by atoms with Gasteiger partial charge in [-0.3, -0.25) is 0 Å². The normalized spacial score (nSPS) is 37.8. The molecule has 0 heterocycles. The molecule has 0 bridgehead atoms. The Morgan fingerprint density at radius 2 is 1.08 bits per heavy atom. The average molecular weight is 352 g/mol. The van der Waals surface area contributed by atoms with Crippen LogP contribution in [0.15, 0.2) is 33.5 Å². The molecule has 4 aliphatic carbocycles. The minimum Gasteiger partial charge on any atom is -0.323 e. The molecule has 6 N–H and O–H groups in total. The predicted octanol–water partition coefficient (Wildman–Crippen LogP) is 3.15. The summed E-state index contributed by atoms with van der Waals surface area (Å²) in [5.74, 6) is 12.1. The second-order valence-electron chi connectivity index (χ2n) is 8.08. The van der Waals surface area contributed by atoms with E-state index in [4.69, 9.17) is 22.5 Å². The van der Waals surface area contributed by atoms with E-state index >= 15 is 0 Å². The van der Waals surface area contributed by atoms with E-state index < -0.39 is 0 Å². The van der Waals surface area contributed by atoms with Crippen LogP contribution >= 0.6 is 0 Å².